The van der Waals surface area contributed by atoms with E-state index in [1.807, 2.05) is 31.2 Å². The van der Waals surface area contributed by atoms with Crippen LogP contribution < -0.4 is 10.9 Å². The van der Waals surface area contributed by atoms with Gasteiger partial charge >= 0.3 is 0 Å². The molecule has 1 aromatic heterocycles. The molecule has 0 aliphatic rings. The van der Waals surface area contributed by atoms with E-state index in [0.29, 0.717) is 5.56 Å². The second kappa shape index (κ2) is 6.72. The van der Waals surface area contributed by atoms with Gasteiger partial charge in [-0.05, 0) is 37.1 Å². The van der Waals surface area contributed by atoms with Gasteiger partial charge in [0.2, 0.25) is 0 Å². The number of nitrogens with one attached hydrogen (secondary N) is 1. The predicted octanol–water partition coefficient (Wildman–Crippen LogP) is 2.51. The molecule has 0 saturated heterocycles. The molecular weight excluding hydrogens is 332 g/mol. The summed E-state index contributed by atoms with van der Waals surface area (Å²) in [5.41, 5.74) is 1.34. The maximum atomic E-state index is 12.1. The van der Waals surface area contributed by atoms with Gasteiger partial charge in [0.1, 0.15) is 0 Å². The average molecular weight is 349 g/mol. The van der Waals surface area contributed by atoms with Crippen molar-refractivity contribution in [3.05, 3.63) is 68.5 Å². The van der Waals surface area contributed by atoms with Gasteiger partial charge < -0.3 is 9.88 Å². The van der Waals surface area contributed by atoms with Crippen molar-refractivity contribution in [3.63, 3.8) is 0 Å². The summed E-state index contributed by atoms with van der Waals surface area (Å²) in [7, 11) is 1.65. The van der Waals surface area contributed by atoms with Crippen LogP contribution in [-0.4, -0.2) is 16.5 Å². The van der Waals surface area contributed by atoms with Crippen LogP contribution in [0.5, 0.6) is 0 Å². The molecule has 0 saturated carbocycles. The molecule has 1 atom stereocenters. The molecule has 0 radical (unpaired) electrons. The molecule has 1 heterocycles. The number of hydrogen-bond donors (Lipinski definition) is 1. The Morgan fingerprint density at radius 1 is 1.33 bits per heavy atom. The minimum absolute atomic E-state index is 0.0177. The van der Waals surface area contributed by atoms with Gasteiger partial charge in [0, 0.05) is 35.4 Å². The summed E-state index contributed by atoms with van der Waals surface area (Å²) in [6.45, 7) is 1.94. The Morgan fingerprint density at radius 2 is 2.10 bits per heavy atom. The van der Waals surface area contributed by atoms with Crippen LogP contribution in [0.3, 0.4) is 0 Å². The fourth-order valence-electron chi connectivity index (χ4n) is 2.07. The number of aromatic nitrogens is 1. The van der Waals surface area contributed by atoms with Gasteiger partial charge in [-0.1, -0.05) is 28.1 Å². The van der Waals surface area contributed by atoms with Crippen molar-refractivity contribution in [2.75, 3.05) is 0 Å². The van der Waals surface area contributed by atoms with E-state index in [9.17, 15) is 9.59 Å². The molecule has 1 unspecified atom stereocenters. The minimum Gasteiger partial charge on any atom is -0.349 e. The van der Waals surface area contributed by atoms with Crippen LogP contribution in [0.4, 0.5) is 0 Å². The lowest BCUT2D eigenvalue weighted by Gasteiger charge is -2.14. The third kappa shape index (κ3) is 4.29. The minimum atomic E-state index is -0.227. The van der Waals surface area contributed by atoms with Gasteiger partial charge in [-0.3, -0.25) is 9.59 Å². The highest BCUT2D eigenvalue weighted by Crippen LogP contribution is 2.13. The van der Waals surface area contributed by atoms with E-state index < -0.39 is 0 Å². The molecule has 0 aliphatic carbocycles. The van der Waals surface area contributed by atoms with Crippen LogP contribution in [0.1, 0.15) is 22.8 Å². The molecule has 110 valence electrons. The predicted molar refractivity (Wildman–Crippen MR) is 86.5 cm³/mol. The van der Waals surface area contributed by atoms with Crippen molar-refractivity contribution in [1.82, 2.24) is 9.88 Å². The Morgan fingerprint density at radius 3 is 2.76 bits per heavy atom. The Balaban J connectivity index is 2.01. The maximum Gasteiger partial charge on any atom is 0.251 e. The van der Waals surface area contributed by atoms with Gasteiger partial charge in [0.15, 0.2) is 0 Å². The summed E-state index contributed by atoms with van der Waals surface area (Å²) in [6, 6.07) is 11.0. The molecule has 2 rings (SSSR count). The van der Waals surface area contributed by atoms with E-state index in [-0.39, 0.29) is 17.5 Å². The first-order valence-electron chi connectivity index (χ1n) is 6.67. The highest BCUT2D eigenvalue weighted by atomic mass is 79.9. The van der Waals surface area contributed by atoms with Crippen LogP contribution >= 0.6 is 15.9 Å². The van der Waals surface area contributed by atoms with Crippen molar-refractivity contribution in [1.29, 1.82) is 0 Å². The monoisotopic (exact) mass is 348 g/mol. The number of rotatable bonds is 4. The average Bonchev–Trinajstić information content (AvgIpc) is 2.41. The van der Waals surface area contributed by atoms with Gasteiger partial charge in [-0.25, -0.2) is 0 Å². The molecule has 21 heavy (non-hydrogen) atoms. The fraction of sp³-hybridized carbons (Fsp3) is 0.250. The number of aryl methyl sites for hydroxylation is 1. The molecule has 4 nitrogen and oxygen atoms in total. The van der Waals surface area contributed by atoms with E-state index in [4.69, 9.17) is 0 Å². The molecule has 0 bridgehead atoms. The number of nitrogens with zero attached hydrogens (tertiary/aromatic N) is 1. The Labute approximate surface area is 131 Å². The lowest BCUT2D eigenvalue weighted by atomic mass is 10.1. The topological polar surface area (TPSA) is 51.1 Å². The molecule has 0 fully saturated rings. The lowest BCUT2D eigenvalue weighted by molar-refractivity contribution is 0.0940. The first-order valence-corrected chi connectivity index (χ1v) is 7.47. The second-order valence-electron chi connectivity index (χ2n) is 5.07. The Bertz CT molecular complexity index is 709. The SMILES string of the molecule is CC(Cc1cccc(Br)c1)NC(=O)c1ccn(C)c(=O)c1. The van der Waals surface area contributed by atoms with E-state index in [0.717, 1.165) is 16.5 Å². The van der Waals surface area contributed by atoms with Crippen molar-refractivity contribution < 1.29 is 4.79 Å². The second-order valence-corrected chi connectivity index (χ2v) is 5.99. The summed E-state index contributed by atoms with van der Waals surface area (Å²) in [6.07, 6.45) is 2.33. The Kier molecular flexibility index (Phi) is 4.96. The summed E-state index contributed by atoms with van der Waals surface area (Å²) >= 11 is 3.43. The Hall–Kier alpha value is -1.88. The molecule has 1 amide bonds. The van der Waals surface area contributed by atoms with E-state index in [1.54, 1.807) is 19.3 Å². The third-order valence-electron chi connectivity index (χ3n) is 3.17. The number of pyridine rings is 1. The normalized spacial score (nSPS) is 12.0. The lowest BCUT2D eigenvalue weighted by Crippen LogP contribution is -2.34. The number of hydrogen-bond acceptors (Lipinski definition) is 2. The van der Waals surface area contributed by atoms with Crippen LogP contribution in [0.25, 0.3) is 0 Å². The largest absolute Gasteiger partial charge is 0.349 e. The van der Waals surface area contributed by atoms with Crippen molar-refractivity contribution in [3.8, 4) is 0 Å². The van der Waals surface area contributed by atoms with Crippen molar-refractivity contribution in [2.24, 2.45) is 7.05 Å². The summed E-state index contributed by atoms with van der Waals surface area (Å²) < 4.78 is 2.45. The molecule has 1 aromatic carbocycles. The molecule has 5 heteroatoms. The zero-order valence-electron chi connectivity index (χ0n) is 12.0. The first-order chi connectivity index (χ1) is 9.95. The smallest absolute Gasteiger partial charge is 0.251 e. The van der Waals surface area contributed by atoms with Crippen molar-refractivity contribution in [2.45, 2.75) is 19.4 Å². The highest BCUT2D eigenvalue weighted by molar-refractivity contribution is 9.10. The zero-order valence-corrected chi connectivity index (χ0v) is 13.6. The molecule has 0 spiro atoms. The van der Waals surface area contributed by atoms with Crippen molar-refractivity contribution >= 4 is 21.8 Å². The van der Waals surface area contributed by atoms with Crippen LogP contribution in [0.15, 0.2) is 51.9 Å². The third-order valence-corrected chi connectivity index (χ3v) is 3.67. The summed E-state index contributed by atoms with van der Waals surface area (Å²) in [5, 5.41) is 2.91. The first kappa shape index (κ1) is 15.5. The van der Waals surface area contributed by atoms with Gasteiger partial charge in [-0.2, -0.15) is 0 Å². The fourth-order valence-corrected chi connectivity index (χ4v) is 2.51. The summed E-state index contributed by atoms with van der Waals surface area (Å²) in [5.74, 6) is -0.227. The quantitative estimate of drug-likeness (QED) is 0.922. The number of benzene rings is 1. The van der Waals surface area contributed by atoms with E-state index >= 15 is 0 Å². The number of carbonyl (C=O) groups is 1. The number of carbonyl (C=O) groups excluding carboxylic acids is 1. The van der Waals surface area contributed by atoms with E-state index in [2.05, 4.69) is 21.2 Å². The molecule has 0 aliphatic heterocycles. The molecular formula is C16H17BrN2O2. The van der Waals surface area contributed by atoms with Crippen LogP contribution in [0, 0.1) is 0 Å². The van der Waals surface area contributed by atoms with Crippen LogP contribution in [0.2, 0.25) is 0 Å². The van der Waals surface area contributed by atoms with Crippen LogP contribution in [-0.2, 0) is 13.5 Å². The van der Waals surface area contributed by atoms with Gasteiger partial charge in [0.05, 0.1) is 0 Å². The highest BCUT2D eigenvalue weighted by Gasteiger charge is 2.11. The number of halogens is 1. The van der Waals surface area contributed by atoms with E-state index in [1.165, 1.54) is 10.6 Å². The molecule has 2 aromatic rings. The molecule has 1 N–H and O–H groups in total. The summed E-state index contributed by atoms with van der Waals surface area (Å²) in [4.78, 5) is 23.6. The van der Waals surface area contributed by atoms with Gasteiger partial charge in [0.25, 0.3) is 11.5 Å². The van der Waals surface area contributed by atoms with Gasteiger partial charge in [-0.15, -0.1) is 0 Å². The standard InChI is InChI=1S/C16H17BrN2O2/c1-11(8-12-4-3-5-14(17)9-12)18-16(21)13-6-7-19(2)15(20)10-13/h3-7,9-11H,8H2,1-2H3,(H,18,21). The maximum absolute atomic E-state index is 12.1. The number of amides is 1. The zero-order chi connectivity index (χ0) is 15.4.